The van der Waals surface area contributed by atoms with Crippen molar-refractivity contribution in [1.82, 2.24) is 4.31 Å². The van der Waals surface area contributed by atoms with Gasteiger partial charge in [-0.05, 0) is 47.2 Å². The minimum atomic E-state index is -3.55. The van der Waals surface area contributed by atoms with Gasteiger partial charge in [0.05, 0.1) is 18.1 Å². The van der Waals surface area contributed by atoms with Crippen LogP contribution in [0.15, 0.2) is 53.4 Å². The van der Waals surface area contributed by atoms with Crippen LogP contribution < -0.4 is 5.32 Å². The maximum Gasteiger partial charge on any atom is 0.306 e. The Morgan fingerprint density at radius 1 is 1.00 bits per heavy atom. The molecule has 0 unspecified atom stereocenters. The molecule has 8 nitrogen and oxygen atoms in total. The highest BCUT2D eigenvalue weighted by atomic mass is 32.2. The number of benzene rings is 2. The maximum absolute atomic E-state index is 12.7. The first-order chi connectivity index (χ1) is 16.1. The minimum absolute atomic E-state index is 0.0232. The topological polar surface area (TPSA) is 102 Å². The number of hydrogen-bond acceptors (Lipinski definition) is 6. The van der Waals surface area contributed by atoms with Crippen molar-refractivity contribution in [3.63, 3.8) is 0 Å². The summed E-state index contributed by atoms with van der Waals surface area (Å²) in [6, 6.07) is 14.0. The van der Waals surface area contributed by atoms with Gasteiger partial charge in [0.25, 0.3) is 5.91 Å². The van der Waals surface area contributed by atoms with E-state index >= 15 is 0 Å². The molecule has 1 heterocycles. The fourth-order valence-electron chi connectivity index (χ4n) is 3.48. The molecule has 1 fully saturated rings. The van der Waals surface area contributed by atoms with Gasteiger partial charge in [0.2, 0.25) is 10.0 Å². The zero-order chi connectivity index (χ0) is 24.8. The van der Waals surface area contributed by atoms with Crippen molar-refractivity contribution in [2.45, 2.75) is 43.9 Å². The van der Waals surface area contributed by atoms with Gasteiger partial charge in [0, 0.05) is 25.2 Å². The summed E-state index contributed by atoms with van der Waals surface area (Å²) in [5, 5.41) is 2.71. The Bertz CT molecular complexity index is 1080. The van der Waals surface area contributed by atoms with Crippen molar-refractivity contribution in [2.75, 3.05) is 38.2 Å². The summed E-state index contributed by atoms with van der Waals surface area (Å²) >= 11 is 0. The van der Waals surface area contributed by atoms with Crippen LogP contribution in [-0.4, -0.2) is 57.5 Å². The average Bonchev–Trinajstić information content (AvgIpc) is 2.82. The molecule has 34 heavy (non-hydrogen) atoms. The third-order valence-electron chi connectivity index (χ3n) is 5.55. The first-order valence-corrected chi connectivity index (χ1v) is 12.7. The number of anilines is 1. The molecular weight excluding hydrogens is 456 g/mol. The Balaban J connectivity index is 1.42. The zero-order valence-electron chi connectivity index (χ0n) is 19.9. The molecule has 0 saturated carbocycles. The molecule has 0 aromatic heterocycles. The monoisotopic (exact) mass is 488 g/mol. The second-order valence-electron chi connectivity index (χ2n) is 9.20. The summed E-state index contributed by atoms with van der Waals surface area (Å²) in [7, 11) is -3.55. The molecule has 0 aliphatic carbocycles. The Morgan fingerprint density at radius 3 is 2.21 bits per heavy atom. The van der Waals surface area contributed by atoms with Gasteiger partial charge in [-0.1, -0.05) is 45.0 Å². The third kappa shape index (κ3) is 7.12. The van der Waals surface area contributed by atoms with Crippen LogP contribution in [0.5, 0.6) is 0 Å². The van der Waals surface area contributed by atoms with E-state index in [1.54, 1.807) is 24.3 Å². The van der Waals surface area contributed by atoms with Crippen molar-refractivity contribution in [3.05, 3.63) is 59.7 Å². The van der Waals surface area contributed by atoms with E-state index in [1.807, 2.05) is 24.3 Å². The molecule has 184 valence electrons. The lowest BCUT2D eigenvalue weighted by Crippen LogP contribution is -2.40. The van der Waals surface area contributed by atoms with Gasteiger partial charge in [-0.2, -0.15) is 4.31 Å². The summed E-state index contributed by atoms with van der Waals surface area (Å²) in [6.45, 7) is 7.43. The predicted octanol–water partition coefficient (Wildman–Crippen LogP) is 3.12. The van der Waals surface area contributed by atoms with Gasteiger partial charge in [-0.25, -0.2) is 8.42 Å². The largest absolute Gasteiger partial charge is 0.456 e. The Kier molecular flexibility index (Phi) is 8.46. The summed E-state index contributed by atoms with van der Waals surface area (Å²) in [4.78, 5) is 24.3. The number of amides is 1. The molecule has 1 N–H and O–H groups in total. The van der Waals surface area contributed by atoms with E-state index in [4.69, 9.17) is 9.47 Å². The van der Waals surface area contributed by atoms with Crippen molar-refractivity contribution in [1.29, 1.82) is 0 Å². The molecule has 9 heteroatoms. The van der Waals surface area contributed by atoms with Gasteiger partial charge in [-0.3, -0.25) is 9.59 Å². The van der Waals surface area contributed by atoms with E-state index in [0.29, 0.717) is 38.4 Å². The van der Waals surface area contributed by atoms with E-state index in [0.717, 1.165) is 11.1 Å². The highest BCUT2D eigenvalue weighted by Crippen LogP contribution is 2.23. The number of carbonyl (C=O) groups is 2. The van der Waals surface area contributed by atoms with Crippen LogP contribution in [-0.2, 0) is 40.9 Å². The first kappa shape index (κ1) is 25.9. The lowest BCUT2D eigenvalue weighted by molar-refractivity contribution is -0.147. The van der Waals surface area contributed by atoms with Gasteiger partial charge in [-0.15, -0.1) is 0 Å². The molecule has 2 aromatic carbocycles. The second kappa shape index (κ2) is 11.1. The minimum Gasteiger partial charge on any atom is -0.456 e. The molecule has 1 aliphatic heterocycles. The Hall–Kier alpha value is -2.75. The molecule has 1 aliphatic rings. The molecule has 2 aromatic rings. The predicted molar refractivity (Wildman–Crippen MR) is 129 cm³/mol. The van der Waals surface area contributed by atoms with Crippen LogP contribution in [0.1, 0.15) is 38.3 Å². The number of sulfonamides is 1. The summed E-state index contributed by atoms with van der Waals surface area (Å²) in [6.07, 6.45) is 0.468. The average molecular weight is 489 g/mol. The van der Waals surface area contributed by atoms with Crippen LogP contribution in [0.3, 0.4) is 0 Å². The second-order valence-corrected chi connectivity index (χ2v) is 11.1. The number of nitrogens with one attached hydrogen (secondary N) is 1. The number of morpholine rings is 1. The molecule has 0 bridgehead atoms. The standard InChI is InChI=1S/C25H32N2O6S/c1-25(2,3)20-7-9-21(10-8-20)26-23(28)18-33-24(29)13-6-19-4-11-22(12-5-19)34(30,31)27-14-16-32-17-15-27/h4-5,7-12H,6,13-18H2,1-3H3,(H,26,28). The molecule has 0 atom stereocenters. The molecule has 1 saturated heterocycles. The van der Waals surface area contributed by atoms with Gasteiger partial charge >= 0.3 is 5.97 Å². The Labute approximate surface area is 201 Å². The summed E-state index contributed by atoms with van der Waals surface area (Å²) in [5.74, 6) is -0.905. The lowest BCUT2D eigenvalue weighted by Gasteiger charge is -2.26. The molecule has 0 radical (unpaired) electrons. The van der Waals surface area contributed by atoms with E-state index in [1.165, 1.54) is 4.31 Å². The highest BCUT2D eigenvalue weighted by molar-refractivity contribution is 7.89. The lowest BCUT2D eigenvalue weighted by atomic mass is 9.87. The van der Waals surface area contributed by atoms with Crippen LogP contribution in [0.25, 0.3) is 0 Å². The van der Waals surface area contributed by atoms with Crippen molar-refractivity contribution >= 4 is 27.6 Å². The van der Waals surface area contributed by atoms with Crippen molar-refractivity contribution in [2.24, 2.45) is 0 Å². The van der Waals surface area contributed by atoms with E-state index in [-0.39, 0.29) is 23.3 Å². The third-order valence-corrected chi connectivity index (χ3v) is 7.46. The molecule has 0 spiro atoms. The fraction of sp³-hybridized carbons (Fsp3) is 0.440. The number of esters is 1. The van der Waals surface area contributed by atoms with E-state index in [2.05, 4.69) is 26.1 Å². The number of aryl methyl sites for hydroxylation is 1. The van der Waals surface area contributed by atoms with E-state index in [9.17, 15) is 18.0 Å². The molecule has 1 amide bonds. The number of carbonyl (C=O) groups excluding carboxylic acids is 2. The van der Waals surface area contributed by atoms with Gasteiger partial charge in [0.1, 0.15) is 0 Å². The van der Waals surface area contributed by atoms with Crippen LogP contribution in [0, 0.1) is 0 Å². The highest BCUT2D eigenvalue weighted by Gasteiger charge is 2.26. The van der Waals surface area contributed by atoms with Crippen LogP contribution in [0.2, 0.25) is 0 Å². The van der Waals surface area contributed by atoms with Crippen molar-refractivity contribution in [3.8, 4) is 0 Å². The number of nitrogens with zero attached hydrogens (tertiary/aromatic N) is 1. The van der Waals surface area contributed by atoms with Crippen molar-refractivity contribution < 1.29 is 27.5 Å². The molecular formula is C25H32N2O6S. The SMILES string of the molecule is CC(C)(C)c1ccc(NC(=O)COC(=O)CCc2ccc(S(=O)(=O)N3CCOCC3)cc2)cc1. The fourth-order valence-corrected chi connectivity index (χ4v) is 4.89. The quantitative estimate of drug-likeness (QED) is 0.573. The first-order valence-electron chi connectivity index (χ1n) is 11.3. The smallest absolute Gasteiger partial charge is 0.306 e. The van der Waals surface area contributed by atoms with Gasteiger partial charge in [0.15, 0.2) is 6.61 Å². The number of ether oxygens (including phenoxy) is 2. The summed E-state index contributed by atoms with van der Waals surface area (Å²) < 4.78 is 37.0. The Morgan fingerprint density at radius 2 is 1.62 bits per heavy atom. The van der Waals surface area contributed by atoms with E-state index < -0.39 is 21.9 Å². The number of hydrogen-bond donors (Lipinski definition) is 1. The maximum atomic E-state index is 12.7. The van der Waals surface area contributed by atoms with Crippen LogP contribution >= 0.6 is 0 Å². The summed E-state index contributed by atoms with van der Waals surface area (Å²) in [5.41, 5.74) is 2.63. The van der Waals surface area contributed by atoms with Gasteiger partial charge < -0.3 is 14.8 Å². The number of rotatable bonds is 8. The zero-order valence-corrected chi connectivity index (χ0v) is 20.7. The van der Waals surface area contributed by atoms with Crippen LogP contribution in [0.4, 0.5) is 5.69 Å². The molecule has 3 rings (SSSR count). The normalized spacial score (nSPS) is 15.0.